The van der Waals surface area contributed by atoms with Crippen molar-refractivity contribution in [3.8, 4) is 0 Å². The number of nitro groups is 1. The van der Waals surface area contributed by atoms with Gasteiger partial charge >= 0.3 is 5.97 Å². The number of thiophene rings is 1. The second kappa shape index (κ2) is 6.76. The van der Waals surface area contributed by atoms with Crippen molar-refractivity contribution in [2.45, 2.75) is 0 Å². The maximum Gasteiger partial charge on any atom is 0.340 e. The van der Waals surface area contributed by atoms with Crippen LogP contribution in [0.4, 0.5) is 10.7 Å². The van der Waals surface area contributed by atoms with E-state index in [-0.39, 0.29) is 27.4 Å². The highest BCUT2D eigenvalue weighted by molar-refractivity contribution is 7.14. The number of nitrogens with zero attached hydrogens (tertiary/aromatic N) is 1. The molecule has 3 aromatic rings. The zero-order chi connectivity index (χ0) is 18.8. The third-order valence-corrected chi connectivity index (χ3v) is 4.33. The zero-order valence-electron chi connectivity index (χ0n) is 13.3. The van der Waals surface area contributed by atoms with Gasteiger partial charge in [-0.1, -0.05) is 0 Å². The van der Waals surface area contributed by atoms with Crippen LogP contribution < -0.4 is 10.9 Å². The average Bonchev–Trinajstić information content (AvgIpc) is 3.07. The van der Waals surface area contributed by atoms with Crippen molar-refractivity contribution in [2.24, 2.45) is 0 Å². The van der Waals surface area contributed by atoms with Gasteiger partial charge in [0.05, 0.1) is 17.6 Å². The van der Waals surface area contributed by atoms with Gasteiger partial charge in [0, 0.05) is 17.5 Å². The molecule has 0 unspecified atom stereocenters. The molecule has 0 spiro atoms. The molecule has 0 saturated heterocycles. The first kappa shape index (κ1) is 17.3. The van der Waals surface area contributed by atoms with Gasteiger partial charge in [-0.05, 0) is 23.6 Å². The molecule has 10 heteroatoms. The third-order valence-electron chi connectivity index (χ3n) is 3.50. The van der Waals surface area contributed by atoms with Crippen LogP contribution in [0.15, 0.2) is 40.1 Å². The lowest BCUT2D eigenvalue weighted by Crippen LogP contribution is -2.21. The Morgan fingerprint density at radius 1 is 1.27 bits per heavy atom. The Bertz CT molecular complexity index is 1100. The number of carbonyl (C=O) groups excluding carboxylic acids is 2. The number of benzene rings is 1. The summed E-state index contributed by atoms with van der Waals surface area (Å²) in [5.74, 6) is -1.29. The van der Waals surface area contributed by atoms with Gasteiger partial charge in [-0.15, -0.1) is 11.3 Å². The van der Waals surface area contributed by atoms with E-state index in [2.05, 4.69) is 10.1 Å². The summed E-state index contributed by atoms with van der Waals surface area (Å²) in [4.78, 5) is 34.5. The highest BCUT2D eigenvalue weighted by atomic mass is 32.1. The van der Waals surface area contributed by atoms with Gasteiger partial charge in [0.1, 0.15) is 16.1 Å². The first-order chi connectivity index (χ1) is 12.4. The Morgan fingerprint density at radius 3 is 2.73 bits per heavy atom. The summed E-state index contributed by atoms with van der Waals surface area (Å²) < 4.78 is 9.90. The molecule has 1 amide bonds. The maximum absolute atomic E-state index is 12.5. The van der Waals surface area contributed by atoms with Crippen molar-refractivity contribution in [3.05, 3.63) is 62.5 Å². The number of hydrogen-bond acceptors (Lipinski definition) is 8. The number of hydrogen-bond donors (Lipinski definition) is 2. The fourth-order valence-electron chi connectivity index (χ4n) is 2.26. The number of esters is 1. The lowest BCUT2D eigenvalue weighted by Gasteiger charge is -2.06. The van der Waals surface area contributed by atoms with Crippen LogP contribution in [0.5, 0.6) is 0 Å². The summed E-state index contributed by atoms with van der Waals surface area (Å²) in [6, 6.07) is 6.69. The number of nitrogens with one attached hydrogen (secondary N) is 2. The van der Waals surface area contributed by atoms with Crippen LogP contribution in [0.2, 0.25) is 0 Å². The van der Waals surface area contributed by atoms with Crippen LogP contribution in [-0.2, 0) is 4.74 Å². The molecular weight excluding hydrogens is 362 g/mol. The highest BCUT2D eigenvalue weighted by Gasteiger charge is 2.19. The van der Waals surface area contributed by atoms with Crippen LogP contribution in [0.25, 0.3) is 11.0 Å². The minimum absolute atomic E-state index is 0.123. The third kappa shape index (κ3) is 3.17. The first-order valence-electron chi connectivity index (χ1n) is 7.14. The maximum atomic E-state index is 12.5. The Morgan fingerprint density at radius 2 is 2.04 bits per heavy atom. The number of methoxy groups -OCH3 is 1. The van der Waals surface area contributed by atoms with E-state index in [4.69, 9.17) is 9.83 Å². The molecule has 0 bridgehead atoms. The summed E-state index contributed by atoms with van der Waals surface area (Å²) in [5, 5.41) is 23.5. The number of amides is 1. The normalized spacial score (nSPS) is 10.5. The molecule has 2 aromatic heterocycles. The van der Waals surface area contributed by atoms with Crippen molar-refractivity contribution in [2.75, 3.05) is 12.4 Å². The lowest BCUT2D eigenvalue weighted by molar-refractivity contribution is -0.384. The minimum atomic E-state index is -0.681. The van der Waals surface area contributed by atoms with E-state index in [1.54, 1.807) is 5.38 Å². The second-order valence-corrected chi connectivity index (χ2v) is 5.99. The Kier molecular flexibility index (Phi) is 4.50. The molecule has 3 rings (SSSR count). The van der Waals surface area contributed by atoms with Gasteiger partial charge < -0.3 is 14.5 Å². The Hall–Kier alpha value is -3.53. The number of anilines is 1. The van der Waals surface area contributed by atoms with E-state index < -0.39 is 22.4 Å². The molecule has 132 valence electrons. The summed E-state index contributed by atoms with van der Waals surface area (Å²) in [7, 11) is 1.22. The highest BCUT2D eigenvalue weighted by Crippen LogP contribution is 2.25. The average molecular weight is 373 g/mol. The van der Waals surface area contributed by atoms with Gasteiger partial charge in [-0.3, -0.25) is 20.3 Å². The fourth-order valence-corrected chi connectivity index (χ4v) is 3.03. The van der Waals surface area contributed by atoms with Gasteiger partial charge in [-0.25, -0.2) is 4.79 Å². The molecule has 0 aliphatic heterocycles. The van der Waals surface area contributed by atoms with Crippen LogP contribution in [0.1, 0.15) is 20.7 Å². The van der Waals surface area contributed by atoms with E-state index in [1.807, 2.05) is 0 Å². The first-order valence-corrected chi connectivity index (χ1v) is 8.02. The van der Waals surface area contributed by atoms with Crippen LogP contribution in [0.3, 0.4) is 0 Å². The zero-order valence-corrected chi connectivity index (χ0v) is 14.1. The second-order valence-electron chi connectivity index (χ2n) is 5.08. The molecule has 0 aliphatic carbocycles. The molecule has 0 aliphatic rings. The van der Waals surface area contributed by atoms with E-state index in [9.17, 15) is 19.7 Å². The SMILES string of the molecule is COC(=O)c1ccsc1NC(=O)c1cc2cc([N+](=O)[O-])ccc2oc1=N. The predicted octanol–water partition coefficient (Wildman–Crippen LogP) is 2.92. The Labute approximate surface area is 149 Å². The summed E-state index contributed by atoms with van der Waals surface area (Å²) in [5.41, 5.74) is -0.264. The molecule has 26 heavy (non-hydrogen) atoms. The molecular formula is C16H11N3O6S. The molecule has 0 radical (unpaired) electrons. The van der Waals surface area contributed by atoms with Crippen molar-refractivity contribution < 1.29 is 23.7 Å². The van der Waals surface area contributed by atoms with E-state index in [0.29, 0.717) is 5.39 Å². The molecule has 2 heterocycles. The smallest absolute Gasteiger partial charge is 0.340 e. The molecule has 0 fully saturated rings. The van der Waals surface area contributed by atoms with E-state index in [0.717, 1.165) is 11.3 Å². The van der Waals surface area contributed by atoms with Gasteiger partial charge in [0.15, 0.2) is 0 Å². The minimum Gasteiger partial charge on any atom is -0.465 e. The molecule has 9 nitrogen and oxygen atoms in total. The number of rotatable bonds is 4. The van der Waals surface area contributed by atoms with Crippen LogP contribution in [0, 0.1) is 15.5 Å². The van der Waals surface area contributed by atoms with E-state index >= 15 is 0 Å². The molecule has 0 atom stereocenters. The quantitative estimate of drug-likeness (QED) is 0.410. The predicted molar refractivity (Wildman–Crippen MR) is 92.3 cm³/mol. The number of non-ortho nitro benzene ring substituents is 1. The van der Waals surface area contributed by atoms with Gasteiger partial charge in [-0.2, -0.15) is 0 Å². The number of ether oxygens (including phenoxy) is 1. The van der Waals surface area contributed by atoms with Gasteiger partial charge in [0.25, 0.3) is 11.6 Å². The number of fused-ring (bicyclic) bond motifs is 1. The standard InChI is InChI=1S/C16H11N3O6S/c1-24-16(21)10-4-5-26-15(10)18-14(20)11-7-8-6-9(19(22)23)2-3-12(8)25-13(11)17/h2-7,17H,1H3,(H,18,20). The van der Waals surface area contributed by atoms with Crippen LogP contribution in [-0.4, -0.2) is 23.9 Å². The monoisotopic (exact) mass is 373 g/mol. The number of nitro benzene ring substituents is 1. The summed E-state index contributed by atoms with van der Waals surface area (Å²) in [6.07, 6.45) is 0. The number of carbonyl (C=O) groups is 2. The molecule has 1 aromatic carbocycles. The van der Waals surface area contributed by atoms with Crippen LogP contribution >= 0.6 is 11.3 Å². The van der Waals surface area contributed by atoms with E-state index in [1.165, 1.54) is 37.4 Å². The summed E-state index contributed by atoms with van der Waals surface area (Å²) >= 11 is 1.12. The van der Waals surface area contributed by atoms with Gasteiger partial charge in [0.2, 0.25) is 5.55 Å². The molecule has 0 saturated carbocycles. The summed E-state index contributed by atoms with van der Waals surface area (Å²) in [6.45, 7) is 0. The largest absolute Gasteiger partial charge is 0.465 e. The van der Waals surface area contributed by atoms with Crippen molar-refractivity contribution in [1.29, 1.82) is 5.41 Å². The van der Waals surface area contributed by atoms with Crippen molar-refractivity contribution in [3.63, 3.8) is 0 Å². The Balaban J connectivity index is 1.99. The van der Waals surface area contributed by atoms with Crippen molar-refractivity contribution >= 4 is 44.9 Å². The topological polar surface area (TPSA) is 136 Å². The van der Waals surface area contributed by atoms with Crippen molar-refractivity contribution in [1.82, 2.24) is 0 Å². The fraction of sp³-hybridized carbons (Fsp3) is 0.0625. The lowest BCUT2D eigenvalue weighted by atomic mass is 10.1. The molecule has 2 N–H and O–H groups in total.